The van der Waals surface area contributed by atoms with E-state index < -0.39 is 0 Å². The maximum Gasteiger partial charge on any atom is 0.241 e. The van der Waals surface area contributed by atoms with Crippen molar-refractivity contribution in [3.05, 3.63) is 48.5 Å². The largest absolute Gasteiger partial charge is 0.486 e. The first-order valence-corrected chi connectivity index (χ1v) is 9.45. The number of nitrogens with one attached hydrogen (secondary N) is 1. The average molecular weight is 367 g/mol. The molecule has 2 heterocycles. The molecule has 142 valence electrons. The Labute approximate surface area is 159 Å². The van der Waals surface area contributed by atoms with Crippen LogP contribution in [0, 0.1) is 0 Å². The van der Waals surface area contributed by atoms with Gasteiger partial charge in [0.1, 0.15) is 13.2 Å². The van der Waals surface area contributed by atoms with Gasteiger partial charge >= 0.3 is 0 Å². The molecule has 0 radical (unpaired) electrons. The smallest absolute Gasteiger partial charge is 0.241 e. The first-order valence-electron chi connectivity index (χ1n) is 9.45. The van der Waals surface area contributed by atoms with E-state index in [-0.39, 0.29) is 11.9 Å². The zero-order chi connectivity index (χ0) is 18.6. The minimum atomic E-state index is -0.184. The predicted molar refractivity (Wildman–Crippen MR) is 106 cm³/mol. The summed E-state index contributed by atoms with van der Waals surface area (Å²) in [7, 11) is 0. The van der Waals surface area contributed by atoms with Gasteiger partial charge in [-0.15, -0.1) is 0 Å². The number of carbonyl (C=O) groups is 1. The number of hydrogen-bond acceptors (Lipinski definition) is 5. The van der Waals surface area contributed by atoms with Crippen molar-refractivity contribution in [2.75, 3.05) is 49.6 Å². The van der Waals surface area contributed by atoms with Gasteiger partial charge in [0, 0.05) is 43.6 Å². The third kappa shape index (κ3) is 4.01. The molecule has 4 rings (SSSR count). The van der Waals surface area contributed by atoms with Gasteiger partial charge in [-0.2, -0.15) is 0 Å². The molecule has 1 fully saturated rings. The molecule has 6 nitrogen and oxygen atoms in total. The third-order valence-corrected chi connectivity index (χ3v) is 5.17. The van der Waals surface area contributed by atoms with Crippen molar-refractivity contribution >= 4 is 17.3 Å². The van der Waals surface area contributed by atoms with Crippen LogP contribution >= 0.6 is 0 Å². The molecule has 0 saturated carbocycles. The van der Waals surface area contributed by atoms with E-state index in [0.717, 1.165) is 37.6 Å². The molecule has 2 aliphatic heterocycles. The normalized spacial score (nSPS) is 18.0. The van der Waals surface area contributed by atoms with E-state index in [1.165, 1.54) is 5.69 Å². The van der Waals surface area contributed by atoms with Crippen molar-refractivity contribution in [3.63, 3.8) is 0 Å². The molecule has 1 amide bonds. The van der Waals surface area contributed by atoms with Crippen LogP contribution in [-0.4, -0.2) is 56.2 Å². The summed E-state index contributed by atoms with van der Waals surface area (Å²) in [6, 6.07) is 15.8. The lowest BCUT2D eigenvalue weighted by Crippen LogP contribution is -2.52. The molecule has 0 aliphatic carbocycles. The summed E-state index contributed by atoms with van der Waals surface area (Å²) in [5, 5.41) is 3.00. The number of nitrogens with zero attached hydrogens (tertiary/aromatic N) is 2. The fourth-order valence-corrected chi connectivity index (χ4v) is 3.54. The van der Waals surface area contributed by atoms with E-state index in [1.807, 2.05) is 31.2 Å². The molecule has 2 aliphatic rings. The minimum absolute atomic E-state index is 0.000149. The van der Waals surface area contributed by atoms with Gasteiger partial charge < -0.3 is 19.7 Å². The Bertz CT molecular complexity index is 789. The Morgan fingerprint density at radius 3 is 2.41 bits per heavy atom. The summed E-state index contributed by atoms with van der Waals surface area (Å²) < 4.78 is 11.1. The van der Waals surface area contributed by atoms with Crippen molar-refractivity contribution in [1.82, 2.24) is 4.90 Å². The van der Waals surface area contributed by atoms with Gasteiger partial charge in [-0.1, -0.05) is 18.2 Å². The fourth-order valence-electron chi connectivity index (χ4n) is 3.54. The Morgan fingerprint density at radius 2 is 1.67 bits per heavy atom. The Morgan fingerprint density at radius 1 is 0.963 bits per heavy atom. The maximum atomic E-state index is 12.7. The van der Waals surface area contributed by atoms with Crippen LogP contribution in [0.2, 0.25) is 0 Å². The van der Waals surface area contributed by atoms with Gasteiger partial charge in [-0.3, -0.25) is 9.69 Å². The van der Waals surface area contributed by atoms with Crippen LogP contribution in [0.5, 0.6) is 11.5 Å². The SMILES string of the molecule is C[C@@H](C(=O)Nc1ccc2c(c1)OCCO2)N1CCN(c2ccccc2)CC1. The molecule has 6 heteroatoms. The number of fused-ring (bicyclic) bond motifs is 1. The van der Waals surface area contributed by atoms with Gasteiger partial charge in [-0.25, -0.2) is 0 Å². The third-order valence-electron chi connectivity index (χ3n) is 5.17. The maximum absolute atomic E-state index is 12.7. The van der Waals surface area contributed by atoms with Crippen molar-refractivity contribution in [1.29, 1.82) is 0 Å². The van der Waals surface area contributed by atoms with Gasteiger partial charge in [0.05, 0.1) is 6.04 Å². The molecule has 0 unspecified atom stereocenters. The van der Waals surface area contributed by atoms with Crippen molar-refractivity contribution < 1.29 is 14.3 Å². The second kappa shape index (κ2) is 7.88. The molecule has 2 aromatic carbocycles. The fraction of sp³-hybridized carbons (Fsp3) is 0.381. The topological polar surface area (TPSA) is 54.0 Å². The highest BCUT2D eigenvalue weighted by Gasteiger charge is 2.26. The number of piperazine rings is 1. The number of anilines is 2. The molecule has 0 aromatic heterocycles. The van der Waals surface area contributed by atoms with E-state index in [4.69, 9.17) is 9.47 Å². The van der Waals surface area contributed by atoms with E-state index in [0.29, 0.717) is 19.0 Å². The van der Waals surface area contributed by atoms with Crippen molar-refractivity contribution in [2.45, 2.75) is 13.0 Å². The monoisotopic (exact) mass is 367 g/mol. The first-order chi connectivity index (χ1) is 13.2. The Balaban J connectivity index is 1.33. The van der Waals surface area contributed by atoms with Crippen LogP contribution in [0.1, 0.15) is 6.92 Å². The summed E-state index contributed by atoms with van der Waals surface area (Å²) in [6.07, 6.45) is 0. The predicted octanol–water partition coefficient (Wildman–Crippen LogP) is 2.61. The summed E-state index contributed by atoms with van der Waals surface area (Å²) >= 11 is 0. The number of para-hydroxylation sites is 1. The number of amides is 1. The second-order valence-electron chi connectivity index (χ2n) is 6.88. The molecule has 2 aromatic rings. The van der Waals surface area contributed by atoms with Crippen molar-refractivity contribution in [3.8, 4) is 11.5 Å². The summed E-state index contributed by atoms with van der Waals surface area (Å²) in [5.74, 6) is 1.41. The number of rotatable bonds is 4. The lowest BCUT2D eigenvalue weighted by molar-refractivity contribution is -0.120. The summed E-state index contributed by atoms with van der Waals surface area (Å²) in [6.45, 7) is 6.63. The quantitative estimate of drug-likeness (QED) is 0.900. The molecular weight excluding hydrogens is 342 g/mol. The minimum Gasteiger partial charge on any atom is -0.486 e. The van der Waals surface area contributed by atoms with Crippen LogP contribution in [0.25, 0.3) is 0 Å². The van der Waals surface area contributed by atoms with E-state index in [1.54, 1.807) is 0 Å². The standard InChI is InChI=1S/C21H25N3O3/c1-16(23-9-11-24(12-10-23)18-5-3-2-4-6-18)21(25)22-17-7-8-19-20(15-17)27-14-13-26-19/h2-8,15-16H,9-14H2,1H3,(H,22,25)/t16-/m0/s1. The van der Waals surface area contributed by atoms with Gasteiger partial charge in [-0.05, 0) is 31.2 Å². The number of ether oxygens (including phenoxy) is 2. The first kappa shape index (κ1) is 17.7. The highest BCUT2D eigenvalue weighted by atomic mass is 16.6. The molecular formula is C21H25N3O3. The van der Waals surface area contributed by atoms with Crippen LogP contribution < -0.4 is 19.7 Å². The lowest BCUT2D eigenvalue weighted by atomic mass is 10.2. The van der Waals surface area contributed by atoms with Gasteiger partial charge in [0.25, 0.3) is 0 Å². The molecule has 0 bridgehead atoms. The summed E-state index contributed by atoms with van der Waals surface area (Å²) in [5.41, 5.74) is 1.98. The van der Waals surface area contributed by atoms with E-state index in [9.17, 15) is 4.79 Å². The van der Waals surface area contributed by atoms with E-state index in [2.05, 4.69) is 39.4 Å². The summed E-state index contributed by atoms with van der Waals surface area (Å²) in [4.78, 5) is 17.3. The van der Waals surface area contributed by atoms with E-state index >= 15 is 0 Å². The van der Waals surface area contributed by atoms with Gasteiger partial charge in [0.2, 0.25) is 5.91 Å². The highest BCUT2D eigenvalue weighted by Crippen LogP contribution is 2.32. The van der Waals surface area contributed by atoms with Gasteiger partial charge in [0.15, 0.2) is 11.5 Å². The molecule has 1 saturated heterocycles. The Hall–Kier alpha value is -2.73. The van der Waals surface area contributed by atoms with Crippen molar-refractivity contribution in [2.24, 2.45) is 0 Å². The second-order valence-corrected chi connectivity index (χ2v) is 6.88. The molecule has 0 spiro atoms. The number of benzene rings is 2. The lowest BCUT2D eigenvalue weighted by Gasteiger charge is -2.38. The average Bonchev–Trinajstić information content (AvgIpc) is 2.74. The molecule has 1 N–H and O–H groups in total. The van der Waals surface area contributed by atoms with Crippen LogP contribution in [-0.2, 0) is 4.79 Å². The molecule has 1 atom stereocenters. The zero-order valence-corrected chi connectivity index (χ0v) is 15.6. The highest BCUT2D eigenvalue weighted by molar-refractivity contribution is 5.94. The number of hydrogen-bond donors (Lipinski definition) is 1. The van der Waals surface area contributed by atoms with Crippen LogP contribution in [0.15, 0.2) is 48.5 Å². The molecule has 27 heavy (non-hydrogen) atoms. The zero-order valence-electron chi connectivity index (χ0n) is 15.6. The van der Waals surface area contributed by atoms with Crippen LogP contribution in [0.4, 0.5) is 11.4 Å². The Kier molecular flexibility index (Phi) is 5.16. The number of carbonyl (C=O) groups excluding carboxylic acids is 1. The van der Waals surface area contributed by atoms with Crippen LogP contribution in [0.3, 0.4) is 0 Å².